The molecule has 0 bridgehead atoms. The molecule has 0 N–H and O–H groups in total. The van der Waals surface area contributed by atoms with E-state index in [4.69, 9.17) is 6.42 Å². The maximum absolute atomic E-state index is 5.19. The predicted octanol–water partition coefficient (Wildman–Crippen LogP) is 3.03. The lowest BCUT2D eigenvalue weighted by Crippen LogP contribution is -1.79. The Morgan fingerprint density at radius 1 is 1.25 bits per heavy atom. The van der Waals surface area contributed by atoms with E-state index >= 15 is 0 Å². The third-order valence-corrected chi connectivity index (χ3v) is 1.23. The molecule has 0 saturated carbocycles. The lowest BCUT2D eigenvalue weighted by Gasteiger charge is -1.95. The highest BCUT2D eigenvalue weighted by atomic mass is 13.9. The summed E-state index contributed by atoms with van der Waals surface area (Å²) < 4.78 is 0. The molecule has 0 rings (SSSR count). The minimum absolute atomic E-state index is 0.646. The van der Waals surface area contributed by atoms with Gasteiger partial charge in [0.25, 0.3) is 0 Å². The van der Waals surface area contributed by atoms with Crippen LogP contribution in [-0.2, 0) is 0 Å². The highest BCUT2D eigenvalue weighted by Crippen LogP contribution is 2.08. The van der Waals surface area contributed by atoms with Gasteiger partial charge in [0.2, 0.25) is 0 Å². The fourth-order valence-corrected chi connectivity index (χ4v) is 0.639. The smallest absolute Gasteiger partial charge is 0.0243 e. The Hall–Kier alpha value is -1.74. The zero-order valence-electron chi connectivity index (χ0n) is 7.09. The number of allylic oxidation sites excluding steroid dienone is 7. The van der Waals surface area contributed by atoms with E-state index in [2.05, 4.69) is 25.7 Å². The molecular formula is C12H12. The van der Waals surface area contributed by atoms with Crippen LogP contribution < -0.4 is 0 Å². The molecule has 0 aliphatic heterocycles. The topological polar surface area (TPSA) is 0 Å². The van der Waals surface area contributed by atoms with E-state index in [-0.39, 0.29) is 0 Å². The highest BCUT2D eigenvalue weighted by molar-refractivity contribution is 5.49. The third-order valence-electron chi connectivity index (χ3n) is 1.23. The Labute approximate surface area is 74.3 Å². The van der Waals surface area contributed by atoms with Crippen LogP contribution in [0.2, 0.25) is 0 Å². The van der Waals surface area contributed by atoms with Gasteiger partial charge in [-0.05, 0) is 5.57 Å². The SMILES string of the molecule is C#CC(=C)C(=CC=C)/C=C\C=C. The molecule has 0 heteroatoms. The second-order valence-electron chi connectivity index (χ2n) is 2.08. The molecule has 0 amide bonds. The molecule has 0 unspecified atom stereocenters. The summed E-state index contributed by atoms with van der Waals surface area (Å²) in [5.41, 5.74) is 1.53. The second kappa shape index (κ2) is 6.00. The van der Waals surface area contributed by atoms with Crippen LogP contribution in [0, 0.1) is 12.3 Å². The van der Waals surface area contributed by atoms with Crippen molar-refractivity contribution in [1.29, 1.82) is 0 Å². The maximum Gasteiger partial charge on any atom is 0.0243 e. The van der Waals surface area contributed by atoms with E-state index < -0.39 is 0 Å². The van der Waals surface area contributed by atoms with Gasteiger partial charge >= 0.3 is 0 Å². The van der Waals surface area contributed by atoms with Crippen LogP contribution >= 0.6 is 0 Å². The van der Waals surface area contributed by atoms with Crippen molar-refractivity contribution in [2.45, 2.75) is 0 Å². The summed E-state index contributed by atoms with van der Waals surface area (Å²) in [4.78, 5) is 0. The van der Waals surface area contributed by atoms with Gasteiger partial charge in [-0.3, -0.25) is 0 Å². The average Bonchev–Trinajstić information content (AvgIpc) is 2.11. The van der Waals surface area contributed by atoms with Crippen LogP contribution in [0.1, 0.15) is 0 Å². The van der Waals surface area contributed by atoms with Crippen molar-refractivity contribution in [2.75, 3.05) is 0 Å². The van der Waals surface area contributed by atoms with Gasteiger partial charge in [-0.15, -0.1) is 6.42 Å². The minimum Gasteiger partial charge on any atom is -0.115 e. The fraction of sp³-hybridized carbons (Fsp3) is 0. The Morgan fingerprint density at radius 2 is 1.92 bits per heavy atom. The monoisotopic (exact) mass is 156 g/mol. The van der Waals surface area contributed by atoms with Gasteiger partial charge in [-0.25, -0.2) is 0 Å². The van der Waals surface area contributed by atoms with E-state index in [0.29, 0.717) is 5.57 Å². The van der Waals surface area contributed by atoms with Crippen molar-refractivity contribution in [3.8, 4) is 12.3 Å². The molecule has 0 radical (unpaired) electrons. The quantitative estimate of drug-likeness (QED) is 0.433. The zero-order chi connectivity index (χ0) is 9.40. The average molecular weight is 156 g/mol. The molecule has 12 heavy (non-hydrogen) atoms. The molecule has 60 valence electrons. The van der Waals surface area contributed by atoms with Crippen molar-refractivity contribution >= 4 is 0 Å². The van der Waals surface area contributed by atoms with Crippen LogP contribution in [0.15, 0.2) is 61.3 Å². The molecule has 0 atom stereocenters. The fourth-order valence-electron chi connectivity index (χ4n) is 0.639. The third kappa shape index (κ3) is 3.43. The van der Waals surface area contributed by atoms with Crippen LogP contribution in [0.5, 0.6) is 0 Å². The molecule has 0 aromatic heterocycles. The van der Waals surface area contributed by atoms with Gasteiger partial charge in [-0.1, -0.05) is 56.0 Å². The van der Waals surface area contributed by atoms with E-state index in [1.54, 1.807) is 18.2 Å². The molecule has 0 aromatic rings. The molecule has 0 heterocycles. The summed E-state index contributed by atoms with van der Waals surface area (Å²) in [5, 5.41) is 0. The molecule has 0 nitrogen and oxygen atoms in total. The van der Waals surface area contributed by atoms with Gasteiger partial charge in [0.15, 0.2) is 0 Å². The first-order chi connectivity index (χ1) is 5.76. The molecular weight excluding hydrogens is 144 g/mol. The standard InChI is InChI=1S/C12H12/c1-5-8-10-12(9-6-2)11(4)7-3/h3,5-6,8-10H,1-2,4H2/b10-8-,12-9?. The largest absolute Gasteiger partial charge is 0.115 e. The van der Waals surface area contributed by atoms with Gasteiger partial charge in [0.1, 0.15) is 0 Å². The summed E-state index contributed by atoms with van der Waals surface area (Å²) in [6.07, 6.45) is 14.0. The van der Waals surface area contributed by atoms with E-state index in [9.17, 15) is 0 Å². The zero-order valence-corrected chi connectivity index (χ0v) is 7.09. The summed E-state index contributed by atoms with van der Waals surface area (Å²) >= 11 is 0. The van der Waals surface area contributed by atoms with E-state index in [1.807, 2.05) is 12.2 Å². The summed E-state index contributed by atoms with van der Waals surface area (Å²) in [5.74, 6) is 2.46. The van der Waals surface area contributed by atoms with E-state index in [0.717, 1.165) is 5.57 Å². The normalized spacial score (nSPS) is 10.8. The molecule has 0 aliphatic carbocycles. The molecule has 0 aromatic carbocycles. The number of hydrogen-bond acceptors (Lipinski definition) is 0. The van der Waals surface area contributed by atoms with Crippen LogP contribution in [0.3, 0.4) is 0 Å². The van der Waals surface area contributed by atoms with Gasteiger partial charge < -0.3 is 0 Å². The predicted molar refractivity (Wildman–Crippen MR) is 55.6 cm³/mol. The summed E-state index contributed by atoms with van der Waals surface area (Å²) in [7, 11) is 0. The summed E-state index contributed by atoms with van der Waals surface area (Å²) in [6.45, 7) is 10.8. The maximum atomic E-state index is 5.19. The summed E-state index contributed by atoms with van der Waals surface area (Å²) in [6, 6.07) is 0. The number of terminal acetylenes is 1. The van der Waals surface area contributed by atoms with Gasteiger partial charge in [-0.2, -0.15) is 0 Å². The Morgan fingerprint density at radius 3 is 2.33 bits per heavy atom. The lowest BCUT2D eigenvalue weighted by molar-refractivity contribution is 1.61. The lowest BCUT2D eigenvalue weighted by atomic mass is 10.1. The first-order valence-electron chi connectivity index (χ1n) is 3.54. The first kappa shape index (κ1) is 10.3. The van der Waals surface area contributed by atoms with Crippen LogP contribution in [0.25, 0.3) is 0 Å². The van der Waals surface area contributed by atoms with Crippen molar-refractivity contribution in [3.05, 3.63) is 61.3 Å². The second-order valence-corrected chi connectivity index (χ2v) is 2.08. The number of hydrogen-bond donors (Lipinski definition) is 0. The molecule has 0 spiro atoms. The number of rotatable bonds is 4. The minimum atomic E-state index is 0.646. The molecule has 0 fully saturated rings. The Balaban J connectivity index is 4.69. The molecule has 0 saturated heterocycles. The molecule has 0 aliphatic rings. The van der Waals surface area contributed by atoms with Crippen molar-refractivity contribution < 1.29 is 0 Å². The van der Waals surface area contributed by atoms with E-state index in [1.165, 1.54) is 0 Å². The Bertz CT molecular complexity index is 280. The van der Waals surface area contributed by atoms with Crippen molar-refractivity contribution in [3.63, 3.8) is 0 Å². The van der Waals surface area contributed by atoms with Crippen LogP contribution in [0.4, 0.5) is 0 Å². The highest BCUT2D eigenvalue weighted by Gasteiger charge is 1.91. The first-order valence-corrected chi connectivity index (χ1v) is 3.54. The van der Waals surface area contributed by atoms with Gasteiger partial charge in [0, 0.05) is 5.57 Å². The van der Waals surface area contributed by atoms with Gasteiger partial charge in [0.05, 0.1) is 0 Å². The van der Waals surface area contributed by atoms with Crippen molar-refractivity contribution in [1.82, 2.24) is 0 Å². The Kier molecular flexibility index (Phi) is 5.13. The van der Waals surface area contributed by atoms with Crippen LogP contribution in [-0.4, -0.2) is 0 Å². The van der Waals surface area contributed by atoms with Crippen molar-refractivity contribution in [2.24, 2.45) is 0 Å².